The first-order valence-corrected chi connectivity index (χ1v) is 10.4. The first-order valence-electron chi connectivity index (χ1n) is 9.49. The van der Waals surface area contributed by atoms with Crippen LogP contribution in [0, 0.1) is 12.7 Å². The number of nitrogens with zero attached hydrogens (tertiary/aromatic N) is 3. The molecule has 0 saturated carbocycles. The predicted octanol–water partition coefficient (Wildman–Crippen LogP) is 4.24. The Hall–Kier alpha value is -3.27. The molecule has 2 N–H and O–H groups in total. The van der Waals surface area contributed by atoms with Crippen LogP contribution in [0.25, 0.3) is 0 Å². The first-order chi connectivity index (χ1) is 14.5. The summed E-state index contributed by atoms with van der Waals surface area (Å²) in [4.78, 5) is 30.8. The van der Waals surface area contributed by atoms with Gasteiger partial charge in [-0.3, -0.25) is 4.79 Å². The maximum atomic E-state index is 14.1. The number of carbonyl (C=O) groups excluding carboxylic acids is 2. The highest BCUT2D eigenvalue weighted by Crippen LogP contribution is 2.27. The van der Waals surface area contributed by atoms with Gasteiger partial charge in [0.05, 0.1) is 17.2 Å². The van der Waals surface area contributed by atoms with Crippen LogP contribution in [-0.4, -0.2) is 40.1 Å². The molecule has 2 aromatic heterocycles. The van der Waals surface area contributed by atoms with Gasteiger partial charge in [-0.2, -0.15) is 16.3 Å². The molecule has 0 aliphatic carbocycles. The molecule has 156 valence electrons. The van der Waals surface area contributed by atoms with Crippen LogP contribution in [0.3, 0.4) is 0 Å². The number of amides is 3. The summed E-state index contributed by atoms with van der Waals surface area (Å²) >= 11 is 1.38. The average molecular weight is 429 g/mol. The van der Waals surface area contributed by atoms with Crippen molar-refractivity contribution in [3.8, 4) is 0 Å². The molecular formula is C20H20FN5O3S. The number of rotatable bonds is 4. The van der Waals surface area contributed by atoms with Crippen LogP contribution in [0.1, 0.15) is 40.8 Å². The van der Waals surface area contributed by atoms with E-state index >= 15 is 0 Å². The topological polar surface area (TPSA) is 100 Å². The van der Waals surface area contributed by atoms with Gasteiger partial charge in [-0.05, 0) is 49.4 Å². The van der Waals surface area contributed by atoms with E-state index in [1.54, 1.807) is 28.7 Å². The van der Waals surface area contributed by atoms with E-state index in [2.05, 4.69) is 20.8 Å². The van der Waals surface area contributed by atoms with Gasteiger partial charge in [0.15, 0.2) is 5.82 Å². The molecule has 0 bridgehead atoms. The van der Waals surface area contributed by atoms with Crippen molar-refractivity contribution in [2.24, 2.45) is 0 Å². The number of thiophene rings is 1. The van der Waals surface area contributed by atoms with Gasteiger partial charge in [0, 0.05) is 24.2 Å². The molecule has 1 unspecified atom stereocenters. The Kier molecular flexibility index (Phi) is 5.75. The summed E-state index contributed by atoms with van der Waals surface area (Å²) in [5.74, 6) is 0.0910. The van der Waals surface area contributed by atoms with E-state index in [1.165, 1.54) is 29.5 Å². The second-order valence-corrected chi connectivity index (χ2v) is 7.84. The average Bonchev–Trinajstić information content (AvgIpc) is 3.42. The second kappa shape index (κ2) is 8.62. The van der Waals surface area contributed by atoms with E-state index in [9.17, 15) is 14.0 Å². The summed E-state index contributed by atoms with van der Waals surface area (Å²) in [6.45, 7) is 2.80. The van der Waals surface area contributed by atoms with Gasteiger partial charge in [0.25, 0.3) is 5.91 Å². The number of hydrogen-bond donors (Lipinski definition) is 2. The van der Waals surface area contributed by atoms with Crippen molar-refractivity contribution in [1.82, 2.24) is 15.0 Å². The Morgan fingerprint density at radius 2 is 2.17 bits per heavy atom. The molecule has 1 saturated heterocycles. The van der Waals surface area contributed by atoms with E-state index in [0.29, 0.717) is 36.1 Å². The molecule has 3 aromatic rings. The van der Waals surface area contributed by atoms with Crippen molar-refractivity contribution in [3.63, 3.8) is 0 Å². The van der Waals surface area contributed by atoms with Crippen molar-refractivity contribution in [2.75, 3.05) is 23.7 Å². The van der Waals surface area contributed by atoms with Crippen molar-refractivity contribution in [3.05, 3.63) is 58.1 Å². The fourth-order valence-electron chi connectivity index (χ4n) is 3.33. The molecule has 1 aromatic carbocycles. The number of carbonyl (C=O) groups is 2. The number of anilines is 2. The molecule has 10 heteroatoms. The van der Waals surface area contributed by atoms with Gasteiger partial charge in [-0.1, -0.05) is 5.16 Å². The van der Waals surface area contributed by atoms with Crippen LogP contribution in [0.2, 0.25) is 0 Å². The zero-order valence-corrected chi connectivity index (χ0v) is 17.0. The summed E-state index contributed by atoms with van der Waals surface area (Å²) < 4.78 is 19.4. The zero-order valence-electron chi connectivity index (χ0n) is 16.2. The molecular weight excluding hydrogens is 409 g/mol. The number of nitrogens with one attached hydrogen (secondary N) is 2. The highest BCUT2D eigenvalue weighted by Gasteiger charge is 2.28. The summed E-state index contributed by atoms with van der Waals surface area (Å²) in [6, 6.07) is 5.41. The predicted molar refractivity (Wildman–Crippen MR) is 110 cm³/mol. The minimum Gasteiger partial charge on any atom is -0.339 e. The van der Waals surface area contributed by atoms with Crippen LogP contribution in [0.15, 0.2) is 39.5 Å². The second-order valence-electron chi connectivity index (χ2n) is 7.06. The lowest BCUT2D eigenvalue weighted by Crippen LogP contribution is -2.41. The maximum Gasteiger partial charge on any atom is 0.321 e. The Morgan fingerprint density at radius 3 is 2.90 bits per heavy atom. The smallest absolute Gasteiger partial charge is 0.321 e. The summed E-state index contributed by atoms with van der Waals surface area (Å²) in [5, 5.41) is 12.6. The molecule has 0 spiro atoms. The van der Waals surface area contributed by atoms with Crippen molar-refractivity contribution in [2.45, 2.75) is 25.7 Å². The maximum absolute atomic E-state index is 14.1. The standard InChI is InChI=1S/C20H20FN5O3S/c1-12-22-19(29-25-12)13-3-2-7-26(10-13)20(28)23-15-4-5-16(21)17(9-15)24-18(27)14-6-8-30-11-14/h4-6,8-9,11,13H,2-3,7,10H2,1H3,(H,23,28)(H,24,27). The lowest BCUT2D eigenvalue weighted by Gasteiger charge is -2.31. The van der Waals surface area contributed by atoms with E-state index in [4.69, 9.17) is 4.52 Å². The number of benzene rings is 1. The molecule has 0 radical (unpaired) electrons. The van der Waals surface area contributed by atoms with Crippen molar-refractivity contribution >= 4 is 34.6 Å². The molecule has 1 fully saturated rings. The minimum absolute atomic E-state index is 0.00172. The number of hydrogen-bond acceptors (Lipinski definition) is 6. The molecule has 8 nitrogen and oxygen atoms in total. The number of likely N-dealkylation sites (tertiary alicyclic amines) is 1. The van der Waals surface area contributed by atoms with E-state index in [0.717, 1.165) is 12.8 Å². The Balaban J connectivity index is 1.42. The van der Waals surface area contributed by atoms with Crippen LogP contribution in [0.5, 0.6) is 0 Å². The highest BCUT2D eigenvalue weighted by molar-refractivity contribution is 7.08. The zero-order chi connectivity index (χ0) is 21.1. The molecule has 3 heterocycles. The Morgan fingerprint density at radius 1 is 1.30 bits per heavy atom. The van der Waals surface area contributed by atoms with Gasteiger partial charge >= 0.3 is 6.03 Å². The molecule has 4 rings (SSSR count). The number of piperidine rings is 1. The number of urea groups is 1. The fraction of sp³-hybridized carbons (Fsp3) is 0.300. The monoisotopic (exact) mass is 429 g/mol. The lowest BCUT2D eigenvalue weighted by molar-refractivity contribution is 0.102. The molecule has 1 atom stereocenters. The summed E-state index contributed by atoms with van der Waals surface area (Å²) in [6.07, 6.45) is 1.67. The van der Waals surface area contributed by atoms with E-state index in [-0.39, 0.29) is 17.6 Å². The third-order valence-electron chi connectivity index (χ3n) is 4.85. The van der Waals surface area contributed by atoms with Crippen LogP contribution in [0.4, 0.5) is 20.6 Å². The third kappa shape index (κ3) is 4.48. The molecule has 1 aliphatic heterocycles. The molecule has 1 aliphatic rings. The van der Waals surface area contributed by atoms with E-state index in [1.807, 2.05) is 0 Å². The van der Waals surface area contributed by atoms with Crippen LogP contribution in [-0.2, 0) is 0 Å². The SMILES string of the molecule is Cc1noc(C2CCCN(C(=O)Nc3ccc(F)c(NC(=O)c4ccsc4)c3)C2)n1. The van der Waals surface area contributed by atoms with Gasteiger partial charge in [0.1, 0.15) is 5.82 Å². The highest BCUT2D eigenvalue weighted by atomic mass is 32.1. The Labute approximate surface area is 176 Å². The van der Waals surface area contributed by atoms with Crippen molar-refractivity contribution in [1.29, 1.82) is 0 Å². The van der Waals surface area contributed by atoms with Gasteiger partial charge in [-0.25, -0.2) is 9.18 Å². The van der Waals surface area contributed by atoms with Crippen LogP contribution < -0.4 is 10.6 Å². The van der Waals surface area contributed by atoms with Crippen LogP contribution >= 0.6 is 11.3 Å². The summed E-state index contributed by atoms with van der Waals surface area (Å²) in [7, 11) is 0. The fourth-order valence-corrected chi connectivity index (χ4v) is 3.97. The summed E-state index contributed by atoms with van der Waals surface area (Å²) in [5.41, 5.74) is 0.837. The normalized spacial score (nSPS) is 16.3. The first kappa shape index (κ1) is 20.0. The Bertz CT molecular complexity index is 1050. The molecule has 30 heavy (non-hydrogen) atoms. The minimum atomic E-state index is -0.582. The van der Waals surface area contributed by atoms with Gasteiger partial charge < -0.3 is 20.1 Å². The third-order valence-corrected chi connectivity index (χ3v) is 5.53. The quantitative estimate of drug-likeness (QED) is 0.646. The van der Waals surface area contributed by atoms with Gasteiger partial charge in [-0.15, -0.1) is 0 Å². The van der Waals surface area contributed by atoms with E-state index < -0.39 is 11.7 Å². The van der Waals surface area contributed by atoms with Gasteiger partial charge in [0.2, 0.25) is 5.89 Å². The number of aromatic nitrogens is 2. The largest absolute Gasteiger partial charge is 0.339 e. The number of aryl methyl sites for hydroxylation is 1. The number of halogens is 1. The van der Waals surface area contributed by atoms with Crippen molar-refractivity contribution < 1.29 is 18.5 Å². The lowest BCUT2D eigenvalue weighted by atomic mass is 9.98. The molecule has 3 amide bonds.